The topological polar surface area (TPSA) is 173 Å². The van der Waals surface area contributed by atoms with Gasteiger partial charge in [-0.3, -0.25) is 18.7 Å². The van der Waals surface area contributed by atoms with E-state index in [4.69, 9.17) is 51.6 Å². The summed E-state index contributed by atoms with van der Waals surface area (Å²) in [6, 6.07) is 13.3. The van der Waals surface area contributed by atoms with Crippen LogP contribution in [0, 0.1) is 6.92 Å². The van der Waals surface area contributed by atoms with Crippen LogP contribution < -0.4 is 0 Å². The number of benzene rings is 2. The summed E-state index contributed by atoms with van der Waals surface area (Å²) in [5, 5.41) is 0. The third-order valence-corrected chi connectivity index (χ3v) is 8.79. The summed E-state index contributed by atoms with van der Waals surface area (Å²) in [4.78, 5) is 26.0. The molecule has 54 heavy (non-hydrogen) atoms. The zero-order chi connectivity index (χ0) is 38.5. The van der Waals surface area contributed by atoms with Crippen molar-refractivity contribution in [3.63, 3.8) is 0 Å². The van der Waals surface area contributed by atoms with Crippen LogP contribution in [-0.4, -0.2) is 170 Å². The number of hydrogen-bond acceptors (Lipinski definition) is 15. The van der Waals surface area contributed by atoms with Crippen LogP contribution in [0.5, 0.6) is 0 Å². The molecule has 0 saturated heterocycles. The Morgan fingerprint density at radius 3 is 1.06 bits per heavy atom. The van der Waals surface area contributed by atoms with Gasteiger partial charge in [0, 0.05) is 0 Å². The van der Waals surface area contributed by atoms with Crippen LogP contribution >= 0.6 is 0 Å². The number of fused-ring (bicyclic) bond motifs is 1. The first kappa shape index (κ1) is 45.5. The molecule has 0 bridgehead atoms. The summed E-state index contributed by atoms with van der Waals surface area (Å²) in [5.74, 6) is -0.570. The van der Waals surface area contributed by atoms with Crippen molar-refractivity contribution in [3.05, 3.63) is 65.2 Å². The van der Waals surface area contributed by atoms with Crippen LogP contribution in [0.1, 0.15) is 26.3 Å². The molecule has 1 aliphatic heterocycles. The normalized spacial score (nSPS) is 12.9. The Kier molecular flexibility index (Phi) is 24.0. The fourth-order valence-electron chi connectivity index (χ4n) is 4.65. The molecule has 0 N–H and O–H groups in total. The van der Waals surface area contributed by atoms with Crippen molar-refractivity contribution in [2.45, 2.75) is 11.8 Å². The van der Waals surface area contributed by atoms with Crippen molar-refractivity contribution in [2.24, 2.45) is 0 Å². The maximum atomic E-state index is 12.3. The molecule has 3 rings (SSSR count). The Balaban J connectivity index is 0.931. The minimum Gasteiger partial charge on any atom is -0.377 e. The monoisotopic (exact) mass is 785 g/mol. The molecule has 0 aliphatic carbocycles. The number of carbonyl (C=O) groups excluding carboxylic acids is 2. The fourth-order valence-corrected chi connectivity index (χ4v) is 5.55. The third kappa shape index (κ3) is 19.1. The molecule has 0 saturated carbocycles. The number of imide groups is 1. The van der Waals surface area contributed by atoms with E-state index in [1.807, 2.05) is 6.92 Å². The van der Waals surface area contributed by atoms with Gasteiger partial charge in [-0.25, -0.2) is 0 Å². The highest BCUT2D eigenvalue weighted by Crippen LogP contribution is 2.21. The molecular weight excluding hydrogens is 730 g/mol. The second kappa shape index (κ2) is 28.5. The van der Waals surface area contributed by atoms with E-state index >= 15 is 0 Å². The van der Waals surface area contributed by atoms with E-state index in [-0.39, 0.29) is 43.1 Å². The average Bonchev–Trinajstić information content (AvgIpc) is 3.41. The highest BCUT2D eigenvalue weighted by atomic mass is 32.2. The Labute approximate surface area is 318 Å². The minimum absolute atomic E-state index is 0.0680. The molecule has 1 heterocycles. The molecular formula is C37H55NO15S. The Morgan fingerprint density at radius 1 is 0.426 bits per heavy atom. The largest absolute Gasteiger partial charge is 0.377 e. The molecule has 0 atom stereocenters. The molecule has 0 unspecified atom stereocenters. The number of carbonyl (C=O) groups is 2. The Hall–Kier alpha value is -2.91. The van der Waals surface area contributed by atoms with Gasteiger partial charge >= 0.3 is 0 Å². The van der Waals surface area contributed by atoms with Crippen molar-refractivity contribution in [1.82, 2.24) is 4.90 Å². The van der Waals surface area contributed by atoms with Gasteiger partial charge in [-0.15, -0.1) is 0 Å². The van der Waals surface area contributed by atoms with Crippen LogP contribution in [0.25, 0.3) is 0 Å². The number of hydrogen-bond donors (Lipinski definition) is 0. The predicted octanol–water partition coefficient (Wildman–Crippen LogP) is 2.16. The summed E-state index contributed by atoms with van der Waals surface area (Å²) in [5.41, 5.74) is 1.84. The molecule has 2 aromatic rings. The van der Waals surface area contributed by atoms with E-state index in [9.17, 15) is 18.0 Å². The standard InChI is InChI=1S/C37H55NO15S/c1-32-6-8-33(9-7-32)54(41,42)53-31-30-52-29-28-51-27-26-50-25-24-49-23-22-48-21-20-47-19-18-46-17-16-45-15-14-44-13-12-43-11-10-38-36(39)34-4-2-3-5-35(34)37(38)40/h2-9H,10-31H2,1H3. The first-order valence-corrected chi connectivity index (χ1v) is 19.5. The highest BCUT2D eigenvalue weighted by molar-refractivity contribution is 7.86. The maximum Gasteiger partial charge on any atom is 0.297 e. The quantitative estimate of drug-likeness (QED) is 0.0565. The second-order valence-electron chi connectivity index (χ2n) is 11.5. The average molecular weight is 786 g/mol. The number of amides is 2. The lowest BCUT2D eigenvalue weighted by atomic mass is 10.1. The lowest BCUT2D eigenvalue weighted by molar-refractivity contribution is -0.0268. The molecule has 0 radical (unpaired) electrons. The molecule has 2 amide bonds. The zero-order valence-corrected chi connectivity index (χ0v) is 32.0. The first-order chi connectivity index (χ1) is 26.4. The number of nitrogens with zero attached hydrogens (tertiary/aromatic N) is 1. The van der Waals surface area contributed by atoms with E-state index in [1.165, 1.54) is 17.0 Å². The first-order valence-electron chi connectivity index (χ1n) is 18.1. The summed E-state index contributed by atoms with van der Waals surface area (Å²) in [6.45, 7) is 10.0. The Bertz CT molecular complexity index is 1380. The Morgan fingerprint density at radius 2 is 0.722 bits per heavy atom. The molecule has 0 fully saturated rings. The van der Waals surface area contributed by atoms with E-state index in [2.05, 4.69) is 0 Å². The molecule has 0 aromatic heterocycles. The van der Waals surface area contributed by atoms with Crippen molar-refractivity contribution >= 4 is 21.9 Å². The molecule has 0 spiro atoms. The van der Waals surface area contributed by atoms with E-state index in [0.717, 1.165) is 5.56 Å². The molecule has 16 nitrogen and oxygen atoms in total. The fraction of sp³-hybridized carbons (Fsp3) is 0.622. The van der Waals surface area contributed by atoms with Crippen LogP contribution in [0.3, 0.4) is 0 Å². The number of aryl methyl sites for hydroxylation is 1. The van der Waals surface area contributed by atoms with Gasteiger partial charge in [0.2, 0.25) is 0 Å². The van der Waals surface area contributed by atoms with E-state index in [0.29, 0.717) is 130 Å². The lowest BCUT2D eigenvalue weighted by Crippen LogP contribution is -2.33. The molecule has 304 valence electrons. The van der Waals surface area contributed by atoms with Gasteiger partial charge in [-0.05, 0) is 31.2 Å². The van der Waals surface area contributed by atoms with E-state index < -0.39 is 10.1 Å². The number of rotatable bonds is 35. The summed E-state index contributed by atoms with van der Waals surface area (Å²) < 4.78 is 83.7. The van der Waals surface area contributed by atoms with Gasteiger partial charge in [-0.1, -0.05) is 29.8 Å². The summed E-state index contributed by atoms with van der Waals surface area (Å²) >= 11 is 0. The van der Waals surface area contributed by atoms with Gasteiger partial charge in [0.25, 0.3) is 21.9 Å². The summed E-state index contributed by atoms with van der Waals surface area (Å²) in [6.07, 6.45) is 0. The van der Waals surface area contributed by atoms with E-state index in [1.54, 1.807) is 36.4 Å². The molecule has 2 aromatic carbocycles. The molecule has 1 aliphatic rings. The summed E-state index contributed by atoms with van der Waals surface area (Å²) in [7, 11) is -3.78. The minimum atomic E-state index is -3.78. The molecule has 17 heteroatoms. The maximum absolute atomic E-state index is 12.3. The van der Waals surface area contributed by atoms with Gasteiger partial charge in [0.15, 0.2) is 0 Å². The van der Waals surface area contributed by atoms with Crippen LogP contribution in [0.15, 0.2) is 53.4 Å². The third-order valence-electron chi connectivity index (χ3n) is 7.46. The van der Waals surface area contributed by atoms with Gasteiger partial charge in [0.1, 0.15) is 0 Å². The predicted molar refractivity (Wildman–Crippen MR) is 194 cm³/mol. The van der Waals surface area contributed by atoms with Crippen molar-refractivity contribution in [2.75, 3.05) is 145 Å². The van der Waals surface area contributed by atoms with Gasteiger partial charge in [0.05, 0.1) is 161 Å². The SMILES string of the molecule is Cc1ccc(S(=O)(=O)OCCOCCOCCOCCOCCOCCOCCOCCOCCOCCOCCN2C(=O)c3ccccc3C2=O)cc1. The smallest absolute Gasteiger partial charge is 0.297 e. The van der Waals surface area contributed by atoms with Gasteiger partial charge in [-0.2, -0.15) is 8.42 Å². The van der Waals surface area contributed by atoms with Crippen molar-refractivity contribution in [1.29, 1.82) is 0 Å². The highest BCUT2D eigenvalue weighted by Gasteiger charge is 2.34. The van der Waals surface area contributed by atoms with Crippen molar-refractivity contribution in [3.8, 4) is 0 Å². The second-order valence-corrected chi connectivity index (χ2v) is 13.1. The van der Waals surface area contributed by atoms with Crippen LogP contribution in [0.4, 0.5) is 0 Å². The van der Waals surface area contributed by atoms with Crippen LogP contribution in [0.2, 0.25) is 0 Å². The lowest BCUT2D eigenvalue weighted by Gasteiger charge is -2.13. The number of ether oxygens (including phenoxy) is 10. The van der Waals surface area contributed by atoms with Gasteiger partial charge < -0.3 is 47.4 Å². The van der Waals surface area contributed by atoms with Crippen LogP contribution in [-0.2, 0) is 61.7 Å². The van der Waals surface area contributed by atoms with Crippen molar-refractivity contribution < 1.29 is 69.6 Å². The zero-order valence-electron chi connectivity index (χ0n) is 31.2.